The fraction of sp³-hybridized carbons (Fsp3) is 0.533. The average molecular weight is 253 g/mol. The summed E-state index contributed by atoms with van der Waals surface area (Å²) in [5, 5.41) is -0.0621. The molecule has 0 aliphatic carbocycles. The Morgan fingerprint density at radius 1 is 1.24 bits per heavy atom. The molecule has 1 rings (SSSR count). The Bertz CT molecular complexity index is 373. The number of carbonyl (C=O) groups is 1. The quantitative estimate of drug-likeness (QED) is 0.714. The van der Waals surface area contributed by atoms with Crippen LogP contribution >= 0.6 is 11.6 Å². The number of hydrogen-bond donors (Lipinski definition) is 0. The first-order chi connectivity index (χ1) is 7.80. The van der Waals surface area contributed by atoms with E-state index in [0.717, 1.165) is 5.56 Å². The predicted octanol–water partition coefficient (Wildman–Crippen LogP) is 4.63. The van der Waals surface area contributed by atoms with Crippen molar-refractivity contribution >= 4 is 17.4 Å². The van der Waals surface area contributed by atoms with Gasteiger partial charge in [-0.15, -0.1) is 11.6 Å². The summed E-state index contributed by atoms with van der Waals surface area (Å²) in [6, 6.07) is 8.38. The summed E-state index contributed by atoms with van der Waals surface area (Å²) >= 11 is 6.26. The fourth-order valence-electron chi connectivity index (χ4n) is 1.69. The van der Waals surface area contributed by atoms with Gasteiger partial charge in [-0.25, -0.2) is 0 Å². The van der Waals surface area contributed by atoms with E-state index in [1.165, 1.54) is 5.56 Å². The molecule has 2 heteroatoms. The van der Waals surface area contributed by atoms with Crippen LogP contribution in [0.4, 0.5) is 0 Å². The van der Waals surface area contributed by atoms with Gasteiger partial charge in [0.1, 0.15) is 5.78 Å². The molecule has 0 N–H and O–H groups in total. The van der Waals surface area contributed by atoms with Crippen molar-refractivity contribution in [2.45, 2.75) is 51.3 Å². The summed E-state index contributed by atoms with van der Waals surface area (Å²) in [6.45, 7) is 8.17. The van der Waals surface area contributed by atoms with Gasteiger partial charge in [0.05, 0.1) is 5.38 Å². The summed E-state index contributed by atoms with van der Waals surface area (Å²) in [7, 11) is 0. The van der Waals surface area contributed by atoms with Crippen molar-refractivity contribution < 1.29 is 4.79 Å². The van der Waals surface area contributed by atoms with E-state index in [0.29, 0.717) is 12.8 Å². The largest absolute Gasteiger partial charge is 0.300 e. The molecule has 1 aromatic rings. The minimum atomic E-state index is -0.0621. The van der Waals surface area contributed by atoms with E-state index in [9.17, 15) is 4.79 Å². The highest BCUT2D eigenvalue weighted by Crippen LogP contribution is 2.28. The van der Waals surface area contributed by atoms with Crippen molar-refractivity contribution in [2.24, 2.45) is 0 Å². The van der Waals surface area contributed by atoms with Crippen molar-refractivity contribution in [3.8, 4) is 0 Å². The Balaban J connectivity index is 2.70. The smallest absolute Gasteiger partial charge is 0.129 e. The van der Waals surface area contributed by atoms with E-state index in [-0.39, 0.29) is 16.6 Å². The Labute approximate surface area is 109 Å². The highest BCUT2D eigenvalue weighted by Gasteiger charge is 2.14. The third kappa shape index (κ3) is 4.51. The second kappa shape index (κ2) is 5.68. The van der Waals surface area contributed by atoms with Crippen LogP contribution in [0.3, 0.4) is 0 Å². The maximum absolute atomic E-state index is 10.9. The molecule has 0 fully saturated rings. The predicted molar refractivity (Wildman–Crippen MR) is 73.7 cm³/mol. The monoisotopic (exact) mass is 252 g/mol. The Hall–Kier alpha value is -0.820. The lowest BCUT2D eigenvalue weighted by molar-refractivity contribution is -0.117. The highest BCUT2D eigenvalue weighted by atomic mass is 35.5. The zero-order chi connectivity index (χ0) is 13.1. The molecule has 0 aliphatic rings. The number of ketones is 1. The van der Waals surface area contributed by atoms with Crippen LogP contribution in [-0.4, -0.2) is 5.78 Å². The van der Waals surface area contributed by atoms with Crippen molar-refractivity contribution in [3.63, 3.8) is 0 Å². The van der Waals surface area contributed by atoms with Gasteiger partial charge in [0.2, 0.25) is 0 Å². The van der Waals surface area contributed by atoms with Gasteiger partial charge >= 0.3 is 0 Å². The van der Waals surface area contributed by atoms with Crippen LogP contribution in [0.25, 0.3) is 0 Å². The molecule has 0 saturated carbocycles. The minimum absolute atomic E-state index is 0.0621. The molecule has 1 aromatic carbocycles. The number of Topliss-reactive ketones (excluding diaryl/α,β-unsaturated/α-hetero) is 1. The third-order valence-corrected chi connectivity index (χ3v) is 3.36. The van der Waals surface area contributed by atoms with Gasteiger partial charge in [0.15, 0.2) is 0 Å². The van der Waals surface area contributed by atoms with Gasteiger partial charge in [-0.2, -0.15) is 0 Å². The van der Waals surface area contributed by atoms with Crippen LogP contribution in [0, 0.1) is 0 Å². The first-order valence-electron chi connectivity index (χ1n) is 6.04. The van der Waals surface area contributed by atoms with E-state index in [1.807, 2.05) is 0 Å². The van der Waals surface area contributed by atoms with Crippen LogP contribution in [0.2, 0.25) is 0 Å². The van der Waals surface area contributed by atoms with Crippen LogP contribution in [0.15, 0.2) is 24.3 Å². The molecule has 0 amide bonds. The molecular weight excluding hydrogens is 232 g/mol. The zero-order valence-corrected chi connectivity index (χ0v) is 11.8. The van der Waals surface area contributed by atoms with E-state index in [1.54, 1.807) is 6.92 Å². The standard InChI is InChI=1S/C15H21ClO/c1-11(17)5-10-14(16)12-6-8-13(9-7-12)15(2,3)4/h6-9,14H,5,10H2,1-4H3. The number of benzene rings is 1. The lowest BCUT2D eigenvalue weighted by Gasteiger charge is -2.19. The minimum Gasteiger partial charge on any atom is -0.300 e. The SMILES string of the molecule is CC(=O)CCC(Cl)c1ccc(C(C)(C)C)cc1. The van der Waals surface area contributed by atoms with Crippen molar-refractivity contribution in [2.75, 3.05) is 0 Å². The summed E-state index contributed by atoms with van der Waals surface area (Å²) in [4.78, 5) is 10.9. The number of carbonyl (C=O) groups excluding carboxylic acids is 1. The molecule has 0 aromatic heterocycles. The van der Waals surface area contributed by atoms with Crippen molar-refractivity contribution in [1.82, 2.24) is 0 Å². The average Bonchev–Trinajstić information content (AvgIpc) is 2.25. The summed E-state index contributed by atoms with van der Waals surface area (Å²) < 4.78 is 0. The molecule has 0 heterocycles. The second-order valence-electron chi connectivity index (χ2n) is 5.58. The number of halogens is 1. The molecule has 1 unspecified atom stereocenters. The second-order valence-corrected chi connectivity index (χ2v) is 6.11. The number of alkyl halides is 1. The summed E-state index contributed by atoms with van der Waals surface area (Å²) in [5.41, 5.74) is 2.57. The van der Waals surface area contributed by atoms with E-state index >= 15 is 0 Å². The molecule has 0 spiro atoms. The highest BCUT2D eigenvalue weighted by molar-refractivity contribution is 6.20. The molecule has 17 heavy (non-hydrogen) atoms. The molecule has 1 nitrogen and oxygen atoms in total. The molecule has 0 saturated heterocycles. The molecule has 1 atom stereocenters. The van der Waals surface area contributed by atoms with Gasteiger partial charge in [-0.1, -0.05) is 45.0 Å². The summed E-state index contributed by atoms with van der Waals surface area (Å²) in [5.74, 6) is 0.196. The van der Waals surface area contributed by atoms with Crippen LogP contribution in [0.1, 0.15) is 57.0 Å². The number of rotatable bonds is 4. The van der Waals surface area contributed by atoms with E-state index in [4.69, 9.17) is 11.6 Å². The van der Waals surface area contributed by atoms with E-state index < -0.39 is 0 Å². The first-order valence-corrected chi connectivity index (χ1v) is 6.48. The topological polar surface area (TPSA) is 17.1 Å². The fourth-order valence-corrected chi connectivity index (χ4v) is 1.94. The van der Waals surface area contributed by atoms with Crippen LogP contribution in [-0.2, 0) is 10.2 Å². The molecule has 0 aliphatic heterocycles. The van der Waals surface area contributed by atoms with Crippen molar-refractivity contribution in [1.29, 1.82) is 0 Å². The van der Waals surface area contributed by atoms with Crippen molar-refractivity contribution in [3.05, 3.63) is 35.4 Å². The van der Waals surface area contributed by atoms with Crippen LogP contribution in [0.5, 0.6) is 0 Å². The normalized spacial score (nSPS) is 13.5. The third-order valence-electron chi connectivity index (χ3n) is 2.89. The van der Waals surface area contributed by atoms with Gasteiger partial charge in [-0.05, 0) is 29.9 Å². The Morgan fingerprint density at radius 3 is 2.18 bits per heavy atom. The van der Waals surface area contributed by atoms with Gasteiger partial charge in [0.25, 0.3) is 0 Å². The van der Waals surface area contributed by atoms with E-state index in [2.05, 4.69) is 45.0 Å². The van der Waals surface area contributed by atoms with Crippen LogP contribution < -0.4 is 0 Å². The lowest BCUT2D eigenvalue weighted by atomic mass is 9.86. The van der Waals surface area contributed by atoms with Gasteiger partial charge < -0.3 is 4.79 Å². The summed E-state index contributed by atoms with van der Waals surface area (Å²) in [6.07, 6.45) is 1.26. The maximum atomic E-state index is 10.9. The lowest BCUT2D eigenvalue weighted by Crippen LogP contribution is -2.10. The molecule has 0 radical (unpaired) electrons. The zero-order valence-electron chi connectivity index (χ0n) is 11.1. The Morgan fingerprint density at radius 2 is 1.76 bits per heavy atom. The molecule has 94 valence electrons. The van der Waals surface area contributed by atoms with Gasteiger partial charge in [-0.3, -0.25) is 0 Å². The Kier molecular flexibility index (Phi) is 4.76. The van der Waals surface area contributed by atoms with Gasteiger partial charge in [0, 0.05) is 6.42 Å². The number of hydrogen-bond acceptors (Lipinski definition) is 1. The molecule has 0 bridgehead atoms. The maximum Gasteiger partial charge on any atom is 0.129 e. The first kappa shape index (κ1) is 14.2. The molecular formula is C15H21ClO.